The second-order valence-electron chi connectivity index (χ2n) is 6.13. The Morgan fingerprint density at radius 3 is 2.37 bits per heavy atom. The molecule has 0 saturated carbocycles. The summed E-state index contributed by atoms with van der Waals surface area (Å²) in [6.45, 7) is 8.79. The lowest BCUT2D eigenvalue weighted by molar-refractivity contribution is 0.569. The summed E-state index contributed by atoms with van der Waals surface area (Å²) in [5.74, 6) is 0. The van der Waals surface area contributed by atoms with E-state index in [2.05, 4.69) is 69.1 Å². The van der Waals surface area contributed by atoms with Crippen LogP contribution in [0, 0.1) is 0 Å². The van der Waals surface area contributed by atoms with Gasteiger partial charge in [0.15, 0.2) is 0 Å². The molecule has 0 aliphatic rings. The van der Waals surface area contributed by atoms with E-state index in [4.69, 9.17) is 0 Å². The smallest absolute Gasteiger partial charge is 0.0457 e. The van der Waals surface area contributed by atoms with Crippen LogP contribution in [0.2, 0.25) is 0 Å². The molecule has 0 spiro atoms. The van der Waals surface area contributed by atoms with Gasteiger partial charge < -0.3 is 0 Å². The molecule has 2 rings (SSSR count). The third-order valence-corrected chi connectivity index (χ3v) is 3.33. The first kappa shape index (κ1) is 13.8. The summed E-state index contributed by atoms with van der Waals surface area (Å²) >= 11 is 0. The molecule has 1 aromatic carbocycles. The Bertz CT molecular complexity index is 532. The van der Waals surface area contributed by atoms with Gasteiger partial charge in [0.1, 0.15) is 0 Å². The first-order valence-electron chi connectivity index (χ1n) is 7.06. The van der Waals surface area contributed by atoms with Gasteiger partial charge in [0.25, 0.3) is 0 Å². The fourth-order valence-electron chi connectivity index (χ4n) is 2.20. The van der Waals surface area contributed by atoms with E-state index in [0.717, 1.165) is 12.1 Å². The van der Waals surface area contributed by atoms with Crippen molar-refractivity contribution in [2.75, 3.05) is 0 Å². The van der Waals surface area contributed by atoms with Gasteiger partial charge in [-0.25, -0.2) is 0 Å². The van der Waals surface area contributed by atoms with Gasteiger partial charge in [-0.15, -0.1) is 0 Å². The largest absolute Gasteiger partial charge is 0.260 e. The van der Waals surface area contributed by atoms with Gasteiger partial charge in [0.2, 0.25) is 0 Å². The monoisotopic (exact) mass is 253 g/mol. The molecule has 1 heteroatoms. The fraction of sp³-hybridized carbons (Fsp3) is 0.389. The van der Waals surface area contributed by atoms with Crippen LogP contribution in [-0.4, -0.2) is 4.98 Å². The van der Waals surface area contributed by atoms with E-state index in [1.807, 2.05) is 6.20 Å². The van der Waals surface area contributed by atoms with Crippen molar-refractivity contribution in [3.05, 3.63) is 53.9 Å². The highest BCUT2D eigenvalue weighted by atomic mass is 14.7. The van der Waals surface area contributed by atoms with Crippen LogP contribution in [0.5, 0.6) is 0 Å². The molecule has 0 aliphatic heterocycles. The van der Waals surface area contributed by atoms with Crippen molar-refractivity contribution in [2.45, 2.75) is 46.0 Å². The van der Waals surface area contributed by atoms with E-state index in [0.29, 0.717) is 0 Å². The number of aromatic nitrogens is 1. The Morgan fingerprint density at radius 1 is 1.00 bits per heavy atom. The molecule has 0 aliphatic carbocycles. The molecule has 100 valence electrons. The first-order chi connectivity index (χ1) is 9.00. The third kappa shape index (κ3) is 3.44. The van der Waals surface area contributed by atoms with Gasteiger partial charge >= 0.3 is 0 Å². The molecule has 0 unspecified atom stereocenters. The first-order valence-corrected chi connectivity index (χ1v) is 7.06. The summed E-state index contributed by atoms with van der Waals surface area (Å²) in [6.07, 6.45) is 4.32. The number of nitrogens with zero attached hydrogens (tertiary/aromatic N) is 1. The fourth-order valence-corrected chi connectivity index (χ4v) is 2.20. The predicted molar refractivity (Wildman–Crippen MR) is 82.4 cm³/mol. The van der Waals surface area contributed by atoms with Gasteiger partial charge in [-0.1, -0.05) is 64.4 Å². The zero-order valence-corrected chi connectivity index (χ0v) is 12.4. The predicted octanol–water partition coefficient (Wildman–Crippen LogP) is 5.00. The highest BCUT2D eigenvalue weighted by Crippen LogP contribution is 2.24. The minimum Gasteiger partial charge on any atom is -0.260 e. The van der Waals surface area contributed by atoms with Gasteiger partial charge in [-0.05, 0) is 23.6 Å². The molecule has 1 nitrogen and oxygen atoms in total. The van der Waals surface area contributed by atoms with Crippen LogP contribution in [0.15, 0.2) is 42.6 Å². The van der Waals surface area contributed by atoms with Crippen LogP contribution in [0.25, 0.3) is 11.1 Å². The lowest BCUT2D eigenvalue weighted by Gasteiger charge is -2.17. The number of rotatable bonds is 3. The van der Waals surface area contributed by atoms with Crippen LogP contribution in [-0.2, 0) is 11.8 Å². The van der Waals surface area contributed by atoms with Crippen molar-refractivity contribution in [3.63, 3.8) is 0 Å². The Labute approximate surface area is 116 Å². The topological polar surface area (TPSA) is 12.9 Å². The zero-order chi connectivity index (χ0) is 13.9. The van der Waals surface area contributed by atoms with E-state index < -0.39 is 0 Å². The van der Waals surface area contributed by atoms with Gasteiger partial charge in [-0.3, -0.25) is 4.98 Å². The average Bonchev–Trinajstić information content (AvgIpc) is 2.39. The number of aryl methyl sites for hydroxylation is 1. The SMILES string of the molecule is CCCc1cccc(-c2ccc(C(C)(C)C)nc2)c1. The van der Waals surface area contributed by atoms with E-state index >= 15 is 0 Å². The molecule has 0 N–H and O–H groups in total. The van der Waals surface area contributed by atoms with Crippen molar-refractivity contribution in [1.29, 1.82) is 0 Å². The molecule has 0 amide bonds. The Kier molecular flexibility index (Phi) is 4.04. The van der Waals surface area contributed by atoms with Crippen molar-refractivity contribution in [2.24, 2.45) is 0 Å². The van der Waals surface area contributed by atoms with Gasteiger partial charge in [0, 0.05) is 22.9 Å². The van der Waals surface area contributed by atoms with Crippen LogP contribution in [0.4, 0.5) is 0 Å². The summed E-state index contributed by atoms with van der Waals surface area (Å²) in [6, 6.07) is 13.1. The number of hydrogen-bond acceptors (Lipinski definition) is 1. The lowest BCUT2D eigenvalue weighted by Crippen LogP contribution is -2.12. The maximum Gasteiger partial charge on any atom is 0.0457 e. The van der Waals surface area contributed by atoms with Crippen LogP contribution in [0.1, 0.15) is 45.4 Å². The van der Waals surface area contributed by atoms with Crippen LogP contribution < -0.4 is 0 Å². The number of pyridine rings is 1. The van der Waals surface area contributed by atoms with Crippen molar-refractivity contribution >= 4 is 0 Å². The van der Waals surface area contributed by atoms with E-state index in [1.165, 1.54) is 23.1 Å². The van der Waals surface area contributed by atoms with E-state index in [1.54, 1.807) is 0 Å². The van der Waals surface area contributed by atoms with Crippen molar-refractivity contribution < 1.29 is 0 Å². The standard InChI is InChI=1S/C18H23N/c1-5-7-14-8-6-9-15(12-14)16-10-11-17(19-13-16)18(2,3)4/h6,8-13H,5,7H2,1-4H3. The van der Waals surface area contributed by atoms with E-state index in [-0.39, 0.29) is 5.41 Å². The molecule has 0 bridgehead atoms. The normalized spacial score (nSPS) is 11.6. The maximum absolute atomic E-state index is 4.60. The van der Waals surface area contributed by atoms with Crippen molar-refractivity contribution in [3.8, 4) is 11.1 Å². The highest BCUT2D eigenvalue weighted by Gasteiger charge is 2.14. The lowest BCUT2D eigenvalue weighted by atomic mass is 9.91. The Morgan fingerprint density at radius 2 is 1.79 bits per heavy atom. The Hall–Kier alpha value is -1.63. The minimum atomic E-state index is 0.114. The third-order valence-electron chi connectivity index (χ3n) is 3.33. The maximum atomic E-state index is 4.60. The molecule has 0 fully saturated rings. The van der Waals surface area contributed by atoms with Gasteiger partial charge in [0.05, 0.1) is 0 Å². The molecule has 1 aromatic heterocycles. The summed E-state index contributed by atoms with van der Waals surface area (Å²) in [4.78, 5) is 4.60. The second-order valence-corrected chi connectivity index (χ2v) is 6.13. The average molecular weight is 253 g/mol. The molecule has 0 atom stereocenters. The zero-order valence-electron chi connectivity index (χ0n) is 12.4. The molecule has 19 heavy (non-hydrogen) atoms. The second kappa shape index (κ2) is 5.56. The number of hydrogen-bond donors (Lipinski definition) is 0. The summed E-state index contributed by atoms with van der Waals surface area (Å²) in [7, 11) is 0. The van der Waals surface area contributed by atoms with Gasteiger partial charge in [-0.2, -0.15) is 0 Å². The quantitative estimate of drug-likeness (QED) is 0.750. The molecule has 2 aromatic rings. The summed E-state index contributed by atoms with van der Waals surface area (Å²) in [5, 5.41) is 0. The molecular weight excluding hydrogens is 230 g/mol. The van der Waals surface area contributed by atoms with Crippen LogP contribution in [0.3, 0.4) is 0 Å². The summed E-state index contributed by atoms with van der Waals surface area (Å²) in [5.41, 5.74) is 5.12. The highest BCUT2D eigenvalue weighted by molar-refractivity contribution is 5.63. The molecular formula is C18H23N. The molecule has 1 heterocycles. The van der Waals surface area contributed by atoms with Crippen LogP contribution >= 0.6 is 0 Å². The molecule has 0 saturated heterocycles. The number of benzene rings is 1. The van der Waals surface area contributed by atoms with E-state index in [9.17, 15) is 0 Å². The minimum absolute atomic E-state index is 0.114. The summed E-state index contributed by atoms with van der Waals surface area (Å²) < 4.78 is 0. The molecule has 0 radical (unpaired) electrons. The van der Waals surface area contributed by atoms with Crippen molar-refractivity contribution in [1.82, 2.24) is 4.98 Å². The Balaban J connectivity index is 2.29.